The second kappa shape index (κ2) is 8.00. The summed E-state index contributed by atoms with van der Waals surface area (Å²) in [6.07, 6.45) is 1.15. The van der Waals surface area contributed by atoms with Crippen LogP contribution in [-0.2, 0) is 13.1 Å². The number of para-hydroxylation sites is 2. The second-order valence-corrected chi connectivity index (χ2v) is 5.88. The monoisotopic (exact) mass is 305 g/mol. The normalized spacial score (nSPS) is 10.6. The maximum Gasteiger partial charge on any atom is 0.142 e. The summed E-state index contributed by atoms with van der Waals surface area (Å²) in [5.41, 5.74) is 2.18. The van der Waals surface area contributed by atoms with Crippen molar-refractivity contribution in [1.82, 2.24) is 10.3 Å². The molecule has 2 aromatic rings. The van der Waals surface area contributed by atoms with Gasteiger partial charge in [-0.25, -0.2) is 4.98 Å². The number of nitrogens with one attached hydrogen (secondary N) is 1. The first-order valence-electron chi connectivity index (χ1n) is 7.22. The van der Waals surface area contributed by atoms with Gasteiger partial charge in [0.1, 0.15) is 10.8 Å². The molecule has 114 valence electrons. The van der Waals surface area contributed by atoms with Crippen molar-refractivity contribution >= 4 is 17.0 Å². The van der Waals surface area contributed by atoms with Crippen molar-refractivity contribution in [1.29, 1.82) is 0 Å². The molecule has 0 saturated heterocycles. The van der Waals surface area contributed by atoms with Gasteiger partial charge in [-0.1, -0.05) is 19.1 Å². The van der Waals surface area contributed by atoms with Gasteiger partial charge in [-0.3, -0.25) is 0 Å². The molecule has 1 N–H and O–H groups in total. The lowest BCUT2D eigenvalue weighted by Crippen LogP contribution is -2.18. The van der Waals surface area contributed by atoms with Crippen LogP contribution in [0, 0.1) is 0 Å². The van der Waals surface area contributed by atoms with E-state index in [0.717, 1.165) is 48.2 Å². The Kier molecular flexibility index (Phi) is 6.02. The summed E-state index contributed by atoms with van der Waals surface area (Å²) >= 11 is 1.72. The Hall–Kier alpha value is -1.59. The molecule has 0 saturated carbocycles. The Labute approximate surface area is 130 Å². The van der Waals surface area contributed by atoms with Gasteiger partial charge in [0.05, 0.1) is 25.0 Å². The molecule has 1 aromatic carbocycles. The molecule has 0 aliphatic carbocycles. The third-order valence-corrected chi connectivity index (χ3v) is 4.10. The number of rotatable bonds is 8. The lowest BCUT2D eigenvalue weighted by molar-refractivity contribution is 0.414. The van der Waals surface area contributed by atoms with E-state index in [4.69, 9.17) is 4.74 Å². The third-order valence-electron chi connectivity index (χ3n) is 3.20. The van der Waals surface area contributed by atoms with E-state index in [2.05, 4.69) is 40.6 Å². The van der Waals surface area contributed by atoms with Crippen LogP contribution >= 0.6 is 11.3 Å². The van der Waals surface area contributed by atoms with Crippen LogP contribution < -0.4 is 15.0 Å². The lowest BCUT2D eigenvalue weighted by Gasteiger charge is -2.20. The molecule has 0 amide bonds. The van der Waals surface area contributed by atoms with Crippen molar-refractivity contribution in [3.05, 3.63) is 40.3 Å². The summed E-state index contributed by atoms with van der Waals surface area (Å²) in [5, 5.41) is 6.66. The summed E-state index contributed by atoms with van der Waals surface area (Å²) in [7, 11) is 3.76. The van der Waals surface area contributed by atoms with Crippen molar-refractivity contribution in [3.63, 3.8) is 0 Å². The van der Waals surface area contributed by atoms with E-state index in [9.17, 15) is 0 Å². The molecule has 0 atom stereocenters. The van der Waals surface area contributed by atoms with Crippen LogP contribution in [0.25, 0.3) is 0 Å². The Morgan fingerprint density at radius 2 is 2.14 bits per heavy atom. The number of methoxy groups -OCH3 is 1. The minimum Gasteiger partial charge on any atom is -0.495 e. The van der Waals surface area contributed by atoms with Crippen LogP contribution in [0.2, 0.25) is 0 Å². The summed E-state index contributed by atoms with van der Waals surface area (Å²) in [5.74, 6) is 0.889. The highest BCUT2D eigenvalue weighted by atomic mass is 32.1. The first-order chi connectivity index (χ1) is 10.2. The second-order valence-electron chi connectivity index (χ2n) is 4.94. The van der Waals surface area contributed by atoms with Crippen LogP contribution in [0.5, 0.6) is 5.75 Å². The van der Waals surface area contributed by atoms with Gasteiger partial charge in [-0.2, -0.15) is 0 Å². The molecule has 5 heteroatoms. The molecule has 1 aromatic heterocycles. The zero-order valence-electron chi connectivity index (χ0n) is 12.9. The van der Waals surface area contributed by atoms with E-state index in [0.29, 0.717) is 0 Å². The molecule has 0 unspecified atom stereocenters. The van der Waals surface area contributed by atoms with E-state index in [1.54, 1.807) is 18.4 Å². The number of benzene rings is 1. The fraction of sp³-hybridized carbons (Fsp3) is 0.438. The van der Waals surface area contributed by atoms with Crippen LogP contribution in [0.15, 0.2) is 29.6 Å². The summed E-state index contributed by atoms with van der Waals surface area (Å²) in [6.45, 7) is 4.85. The van der Waals surface area contributed by atoms with Gasteiger partial charge in [-0.05, 0) is 25.1 Å². The van der Waals surface area contributed by atoms with Gasteiger partial charge in [0.2, 0.25) is 0 Å². The van der Waals surface area contributed by atoms with Crippen molar-refractivity contribution in [2.24, 2.45) is 0 Å². The molecule has 2 rings (SSSR count). The number of aromatic nitrogens is 1. The average molecular weight is 305 g/mol. The van der Waals surface area contributed by atoms with Crippen LogP contribution in [-0.4, -0.2) is 25.7 Å². The first kappa shape index (κ1) is 15.8. The zero-order valence-corrected chi connectivity index (χ0v) is 13.7. The number of hydrogen-bond acceptors (Lipinski definition) is 5. The smallest absolute Gasteiger partial charge is 0.142 e. The largest absolute Gasteiger partial charge is 0.495 e. The number of anilines is 1. The third kappa shape index (κ3) is 4.44. The quantitative estimate of drug-likeness (QED) is 0.759. The summed E-state index contributed by atoms with van der Waals surface area (Å²) < 4.78 is 5.41. The highest BCUT2D eigenvalue weighted by molar-refractivity contribution is 7.09. The average Bonchev–Trinajstić information content (AvgIpc) is 2.95. The molecule has 4 nitrogen and oxygen atoms in total. The van der Waals surface area contributed by atoms with Gasteiger partial charge < -0.3 is 15.0 Å². The summed E-state index contributed by atoms with van der Waals surface area (Å²) in [4.78, 5) is 6.84. The van der Waals surface area contributed by atoms with Gasteiger partial charge in [0.25, 0.3) is 0 Å². The Bertz CT molecular complexity index is 556. The Morgan fingerprint density at radius 1 is 1.33 bits per heavy atom. The first-order valence-corrected chi connectivity index (χ1v) is 8.10. The van der Waals surface area contributed by atoms with E-state index in [1.807, 2.05) is 18.2 Å². The zero-order chi connectivity index (χ0) is 15.1. The molecule has 0 aliphatic heterocycles. The van der Waals surface area contributed by atoms with Crippen LogP contribution in [0.4, 0.5) is 5.69 Å². The topological polar surface area (TPSA) is 37.4 Å². The maximum absolute atomic E-state index is 5.41. The molecule has 0 aliphatic rings. The van der Waals surface area contributed by atoms with Gasteiger partial charge in [-0.15, -0.1) is 11.3 Å². The van der Waals surface area contributed by atoms with Gasteiger partial charge >= 0.3 is 0 Å². The van der Waals surface area contributed by atoms with Crippen LogP contribution in [0.1, 0.15) is 24.0 Å². The molecule has 0 bridgehead atoms. The van der Waals surface area contributed by atoms with E-state index in [1.165, 1.54) is 0 Å². The highest BCUT2D eigenvalue weighted by Gasteiger charge is 2.10. The fourth-order valence-electron chi connectivity index (χ4n) is 2.15. The van der Waals surface area contributed by atoms with Crippen molar-refractivity contribution in [2.45, 2.75) is 26.4 Å². The van der Waals surface area contributed by atoms with Crippen LogP contribution in [0.3, 0.4) is 0 Å². The number of nitrogens with zero attached hydrogens (tertiary/aromatic N) is 2. The van der Waals surface area contributed by atoms with Gasteiger partial charge in [0.15, 0.2) is 0 Å². The molecular formula is C16H23N3OS. The predicted octanol–water partition coefficient (Wildman–Crippen LogP) is 3.29. The Balaban J connectivity index is 1.97. The van der Waals surface area contributed by atoms with E-state index < -0.39 is 0 Å². The van der Waals surface area contributed by atoms with E-state index in [-0.39, 0.29) is 0 Å². The van der Waals surface area contributed by atoms with E-state index >= 15 is 0 Å². The minimum absolute atomic E-state index is 0.782. The predicted molar refractivity (Wildman–Crippen MR) is 89.2 cm³/mol. The molecule has 21 heavy (non-hydrogen) atoms. The Morgan fingerprint density at radius 3 is 2.90 bits per heavy atom. The SMILES string of the molecule is CCCNCc1nc(CN(C)c2ccccc2OC)cs1. The number of ether oxygens (including phenoxy) is 1. The molecule has 0 spiro atoms. The molecule has 0 fully saturated rings. The molecule has 1 heterocycles. The molecular weight excluding hydrogens is 282 g/mol. The maximum atomic E-state index is 5.41. The standard InChI is InChI=1S/C16H23N3OS/c1-4-9-17-10-16-18-13(12-21-16)11-19(2)14-7-5-6-8-15(14)20-3/h5-8,12,17H,4,9-11H2,1-3H3. The number of thiazole rings is 1. The van der Waals surface area contributed by atoms with Crippen molar-refractivity contribution in [3.8, 4) is 5.75 Å². The lowest BCUT2D eigenvalue weighted by atomic mass is 10.2. The number of hydrogen-bond donors (Lipinski definition) is 1. The summed E-state index contributed by atoms with van der Waals surface area (Å²) in [6, 6.07) is 8.05. The minimum atomic E-state index is 0.782. The van der Waals surface area contributed by atoms with Crippen molar-refractivity contribution in [2.75, 3.05) is 25.6 Å². The molecule has 0 radical (unpaired) electrons. The fourth-order valence-corrected chi connectivity index (χ4v) is 2.90. The van der Waals surface area contributed by atoms with Gasteiger partial charge in [0, 0.05) is 19.0 Å². The van der Waals surface area contributed by atoms with Crippen molar-refractivity contribution < 1.29 is 4.74 Å². The highest BCUT2D eigenvalue weighted by Crippen LogP contribution is 2.27.